The quantitative estimate of drug-likeness (QED) is 0.801. The molecule has 0 amide bonds. The highest BCUT2D eigenvalue weighted by molar-refractivity contribution is 7.51. The molecule has 0 aliphatic carbocycles. The van der Waals surface area contributed by atoms with Crippen LogP contribution in [-0.2, 0) is 9.32 Å². The van der Waals surface area contributed by atoms with Gasteiger partial charge in [-0.25, -0.2) is 0 Å². The largest absolute Gasteiger partial charge is 0.444 e. The molecule has 0 radical (unpaired) electrons. The maximum atomic E-state index is 12.1. The first-order chi connectivity index (χ1) is 8.28. The van der Waals surface area contributed by atoms with E-state index in [1.165, 1.54) is 6.42 Å². The summed E-state index contributed by atoms with van der Waals surface area (Å²) in [6.45, 7) is 12.9. The van der Waals surface area contributed by atoms with Crippen molar-refractivity contribution in [2.45, 2.75) is 59.0 Å². The van der Waals surface area contributed by atoms with Gasteiger partial charge in [0.1, 0.15) is 6.04 Å². The van der Waals surface area contributed by atoms with Crippen LogP contribution in [0.15, 0.2) is 0 Å². The Morgan fingerprint density at radius 2 is 2.06 bits per heavy atom. The van der Waals surface area contributed by atoms with Crippen molar-refractivity contribution < 1.29 is 9.32 Å². The summed E-state index contributed by atoms with van der Waals surface area (Å²) in [5.41, 5.74) is 0.275. The second-order valence-corrected chi connectivity index (χ2v) is 8.02. The maximum absolute atomic E-state index is 12.1. The molecule has 1 fully saturated rings. The van der Waals surface area contributed by atoms with E-state index < -0.39 is 8.15 Å². The number of rotatable bonds is 3. The lowest BCUT2D eigenvalue weighted by Crippen LogP contribution is -2.47. The second kappa shape index (κ2) is 6.34. The van der Waals surface area contributed by atoms with Crippen molar-refractivity contribution >= 4 is 14.1 Å². The van der Waals surface area contributed by atoms with E-state index in [1.807, 2.05) is 13.3 Å². The molecule has 18 heavy (non-hydrogen) atoms. The molecule has 1 aliphatic rings. The third-order valence-corrected chi connectivity index (χ3v) is 4.86. The van der Waals surface area contributed by atoms with Gasteiger partial charge < -0.3 is 9.84 Å². The van der Waals surface area contributed by atoms with Gasteiger partial charge in [0, 0.05) is 6.04 Å². The normalized spacial score (nSPS) is 37.4. The van der Waals surface area contributed by atoms with Crippen molar-refractivity contribution in [3.8, 4) is 0 Å². The molecular weight excluding hydrogens is 245 g/mol. The molecule has 4 atom stereocenters. The highest BCUT2D eigenvalue weighted by atomic mass is 31.1. The molecule has 3 nitrogen and oxygen atoms in total. The molecular formula is C14H28NO2P. The minimum Gasteiger partial charge on any atom is -0.444 e. The van der Waals surface area contributed by atoms with Gasteiger partial charge >= 0.3 is 5.97 Å². The predicted molar refractivity (Wildman–Crippen MR) is 78.0 cm³/mol. The molecule has 106 valence electrons. The standard InChI is InChI=1S/C14H28NO2P/c1-7-14(4)9-10(2)8-12(15-11(14)3)13(16)17-18(5)6/h10-12,15H,7-9H2,1-6H3/t10?,11-,12-,14+/m0/s1. The molecule has 4 heteroatoms. The van der Waals surface area contributed by atoms with E-state index in [4.69, 9.17) is 4.52 Å². The van der Waals surface area contributed by atoms with Crippen LogP contribution in [-0.4, -0.2) is 31.4 Å². The van der Waals surface area contributed by atoms with Gasteiger partial charge in [0.05, 0.1) is 8.15 Å². The number of carbonyl (C=O) groups is 1. The van der Waals surface area contributed by atoms with Crippen LogP contribution >= 0.6 is 8.15 Å². The summed E-state index contributed by atoms with van der Waals surface area (Å²) in [4.78, 5) is 12.1. The van der Waals surface area contributed by atoms with Crippen molar-refractivity contribution in [1.82, 2.24) is 5.32 Å². The zero-order chi connectivity index (χ0) is 13.9. The van der Waals surface area contributed by atoms with Crippen LogP contribution in [0.25, 0.3) is 0 Å². The van der Waals surface area contributed by atoms with Crippen molar-refractivity contribution in [2.24, 2.45) is 11.3 Å². The van der Waals surface area contributed by atoms with Gasteiger partial charge in [-0.2, -0.15) is 0 Å². The van der Waals surface area contributed by atoms with E-state index in [2.05, 4.69) is 33.0 Å². The van der Waals surface area contributed by atoms with Crippen LogP contribution in [0.5, 0.6) is 0 Å². The molecule has 1 rings (SSSR count). The molecule has 1 saturated heterocycles. The summed E-state index contributed by atoms with van der Waals surface area (Å²) in [5.74, 6) is 0.495. The van der Waals surface area contributed by atoms with Gasteiger partial charge in [0.2, 0.25) is 0 Å². The maximum Gasteiger partial charge on any atom is 0.325 e. The number of hydrogen-bond donors (Lipinski definition) is 1. The molecule has 0 spiro atoms. The summed E-state index contributed by atoms with van der Waals surface area (Å²) in [6.07, 6.45) is 3.21. The number of carbonyl (C=O) groups excluding carboxylic acids is 1. The fourth-order valence-corrected chi connectivity index (χ4v) is 3.38. The molecule has 0 bridgehead atoms. The average Bonchev–Trinajstić information content (AvgIpc) is 2.36. The topological polar surface area (TPSA) is 38.3 Å². The Labute approximate surface area is 113 Å². The Balaban J connectivity index is 2.77. The summed E-state index contributed by atoms with van der Waals surface area (Å²) < 4.78 is 5.41. The molecule has 0 aromatic rings. The summed E-state index contributed by atoms with van der Waals surface area (Å²) in [6, 6.07) is 0.221. The third kappa shape index (κ3) is 3.93. The minimum absolute atomic E-state index is 0.0647. The molecule has 0 aromatic heterocycles. The Morgan fingerprint density at radius 1 is 1.44 bits per heavy atom. The van der Waals surface area contributed by atoms with Gasteiger partial charge in [-0.3, -0.25) is 4.79 Å². The van der Waals surface area contributed by atoms with E-state index in [9.17, 15) is 4.79 Å². The van der Waals surface area contributed by atoms with Crippen molar-refractivity contribution in [3.63, 3.8) is 0 Å². The first-order valence-electron chi connectivity index (χ1n) is 6.93. The average molecular weight is 273 g/mol. The van der Waals surface area contributed by atoms with Crippen LogP contribution in [0.2, 0.25) is 0 Å². The van der Waals surface area contributed by atoms with Crippen LogP contribution in [0.4, 0.5) is 0 Å². The van der Waals surface area contributed by atoms with Crippen LogP contribution in [0.1, 0.15) is 47.0 Å². The van der Waals surface area contributed by atoms with E-state index in [-0.39, 0.29) is 17.4 Å². The van der Waals surface area contributed by atoms with E-state index in [0.29, 0.717) is 12.0 Å². The molecule has 0 saturated carbocycles. The van der Waals surface area contributed by atoms with E-state index in [0.717, 1.165) is 12.8 Å². The number of nitrogens with one attached hydrogen (secondary N) is 1. The van der Waals surface area contributed by atoms with E-state index in [1.54, 1.807) is 0 Å². The monoisotopic (exact) mass is 273 g/mol. The Morgan fingerprint density at radius 3 is 2.56 bits per heavy atom. The lowest BCUT2D eigenvalue weighted by molar-refractivity contribution is -0.136. The zero-order valence-electron chi connectivity index (χ0n) is 12.6. The minimum atomic E-state index is -0.619. The Hall–Kier alpha value is -0.140. The second-order valence-electron chi connectivity index (χ2n) is 6.22. The van der Waals surface area contributed by atoms with Gasteiger partial charge in [-0.15, -0.1) is 0 Å². The Bertz CT molecular complexity index is 296. The SMILES string of the molecule is CC[C@]1(C)CC(C)C[C@@H](C(=O)OP(C)C)N[C@H]1C. The van der Waals surface area contributed by atoms with Crippen LogP contribution in [0.3, 0.4) is 0 Å². The smallest absolute Gasteiger partial charge is 0.325 e. The van der Waals surface area contributed by atoms with Gasteiger partial charge in [0.15, 0.2) is 0 Å². The fraction of sp³-hybridized carbons (Fsp3) is 0.929. The highest BCUT2D eigenvalue weighted by Gasteiger charge is 2.38. The third-order valence-electron chi connectivity index (χ3n) is 4.31. The lowest BCUT2D eigenvalue weighted by atomic mass is 9.74. The molecule has 1 heterocycles. The summed E-state index contributed by atoms with van der Waals surface area (Å²) in [7, 11) is -0.619. The predicted octanol–water partition coefficient (Wildman–Crippen LogP) is 3.38. The van der Waals surface area contributed by atoms with Crippen LogP contribution < -0.4 is 5.32 Å². The molecule has 1 N–H and O–H groups in total. The molecule has 1 unspecified atom stereocenters. The van der Waals surface area contributed by atoms with Crippen LogP contribution in [0, 0.1) is 11.3 Å². The summed E-state index contributed by atoms with van der Waals surface area (Å²) >= 11 is 0. The van der Waals surface area contributed by atoms with Gasteiger partial charge in [-0.05, 0) is 50.8 Å². The van der Waals surface area contributed by atoms with Crippen molar-refractivity contribution in [3.05, 3.63) is 0 Å². The van der Waals surface area contributed by atoms with Crippen molar-refractivity contribution in [1.29, 1.82) is 0 Å². The molecule has 0 aromatic carbocycles. The zero-order valence-corrected chi connectivity index (χ0v) is 13.5. The highest BCUT2D eigenvalue weighted by Crippen LogP contribution is 2.38. The first kappa shape index (κ1) is 15.9. The number of hydrogen-bond acceptors (Lipinski definition) is 3. The summed E-state index contributed by atoms with van der Waals surface area (Å²) in [5, 5.41) is 3.49. The Kier molecular flexibility index (Phi) is 5.61. The molecule has 1 aliphatic heterocycles. The van der Waals surface area contributed by atoms with E-state index >= 15 is 0 Å². The van der Waals surface area contributed by atoms with Gasteiger partial charge in [0.25, 0.3) is 0 Å². The fourth-order valence-electron chi connectivity index (χ4n) is 2.89. The first-order valence-corrected chi connectivity index (χ1v) is 9.09. The lowest BCUT2D eigenvalue weighted by Gasteiger charge is -2.35. The van der Waals surface area contributed by atoms with Gasteiger partial charge in [-0.1, -0.05) is 20.8 Å². The van der Waals surface area contributed by atoms with Crippen molar-refractivity contribution in [2.75, 3.05) is 13.3 Å².